The van der Waals surface area contributed by atoms with E-state index < -0.39 is 6.10 Å². The van der Waals surface area contributed by atoms with Gasteiger partial charge in [-0.2, -0.15) is 0 Å². The Labute approximate surface area is 131 Å². The zero-order chi connectivity index (χ0) is 15.5. The molecule has 1 aromatic carbocycles. The third-order valence-electron chi connectivity index (χ3n) is 6.72. The highest BCUT2D eigenvalue weighted by Crippen LogP contribution is 2.60. The van der Waals surface area contributed by atoms with Gasteiger partial charge in [0, 0.05) is 11.8 Å². The number of methoxy groups -OCH3 is 1. The summed E-state index contributed by atoms with van der Waals surface area (Å²) in [7, 11) is 1.71. The molecule has 2 fully saturated rings. The number of carbonyl (C=O) groups excluding carboxylic acids is 1. The first kappa shape index (κ1) is 14.3. The summed E-state index contributed by atoms with van der Waals surface area (Å²) in [5.74, 6) is 2.44. The maximum Gasteiger partial charge on any atom is 0.162 e. The van der Waals surface area contributed by atoms with E-state index in [1.54, 1.807) is 7.11 Å². The maximum atomic E-state index is 12.1. The summed E-state index contributed by atoms with van der Waals surface area (Å²) in [4.78, 5) is 12.1. The lowest BCUT2D eigenvalue weighted by molar-refractivity contribution is -0.128. The van der Waals surface area contributed by atoms with Crippen molar-refractivity contribution in [1.29, 1.82) is 0 Å². The molecule has 0 spiro atoms. The number of fused-ring (bicyclic) bond motifs is 5. The Balaban J connectivity index is 1.70. The number of Topliss-reactive ketones (excluding diaryl/α,β-unsaturated/α-hetero) is 1. The van der Waals surface area contributed by atoms with Crippen LogP contribution in [0.4, 0.5) is 0 Å². The average molecular weight is 300 g/mol. The van der Waals surface area contributed by atoms with Crippen LogP contribution in [0.2, 0.25) is 0 Å². The Bertz CT molecular complexity index is 623. The van der Waals surface area contributed by atoms with Gasteiger partial charge in [0.05, 0.1) is 7.11 Å². The van der Waals surface area contributed by atoms with Gasteiger partial charge >= 0.3 is 0 Å². The summed E-state index contributed by atoms with van der Waals surface area (Å²) in [6.07, 6.45) is 4.06. The van der Waals surface area contributed by atoms with E-state index in [-0.39, 0.29) is 11.2 Å². The van der Waals surface area contributed by atoms with Gasteiger partial charge in [-0.25, -0.2) is 0 Å². The van der Waals surface area contributed by atoms with Crippen molar-refractivity contribution in [2.45, 2.75) is 51.0 Å². The summed E-state index contributed by atoms with van der Waals surface area (Å²) in [5, 5.41) is 10.3. The molecule has 0 aromatic heterocycles. The summed E-state index contributed by atoms with van der Waals surface area (Å²) < 4.78 is 5.35. The maximum absolute atomic E-state index is 12.1. The fourth-order valence-electron chi connectivity index (χ4n) is 5.45. The first-order valence-corrected chi connectivity index (χ1v) is 8.42. The molecular formula is C19H24O3. The molecule has 0 radical (unpaired) electrons. The van der Waals surface area contributed by atoms with Gasteiger partial charge < -0.3 is 9.84 Å². The highest BCUT2D eigenvalue weighted by molar-refractivity contribution is 5.86. The quantitative estimate of drug-likeness (QED) is 0.867. The lowest BCUT2D eigenvalue weighted by Crippen LogP contribution is -2.44. The smallest absolute Gasteiger partial charge is 0.162 e. The van der Waals surface area contributed by atoms with E-state index in [0.29, 0.717) is 24.2 Å². The van der Waals surface area contributed by atoms with Crippen LogP contribution in [0.25, 0.3) is 0 Å². The van der Waals surface area contributed by atoms with Crippen molar-refractivity contribution in [2.24, 2.45) is 17.3 Å². The van der Waals surface area contributed by atoms with Crippen LogP contribution >= 0.6 is 0 Å². The molecule has 3 aliphatic rings. The summed E-state index contributed by atoms with van der Waals surface area (Å²) >= 11 is 0. The largest absolute Gasteiger partial charge is 0.497 e. The highest BCUT2D eigenvalue weighted by Gasteiger charge is 2.57. The van der Waals surface area contributed by atoms with Crippen LogP contribution in [-0.4, -0.2) is 24.1 Å². The standard InChI is InChI=1S/C19H24O3/c1-19-8-7-14-13-6-4-12(22-2)9-11(13)3-5-15(14)16(19)10-17(20)18(19)21/h4,6,9,14-16,18,21H,3,5,7-8,10H2,1-2H3/t14-,15-,16+,18?,19+/m1/s1. The Hall–Kier alpha value is -1.35. The van der Waals surface area contributed by atoms with Crippen LogP contribution in [0.3, 0.4) is 0 Å². The zero-order valence-corrected chi connectivity index (χ0v) is 13.3. The van der Waals surface area contributed by atoms with Gasteiger partial charge in [-0.05, 0) is 66.7 Å². The van der Waals surface area contributed by atoms with Crippen LogP contribution in [0.5, 0.6) is 5.75 Å². The molecule has 1 aromatic rings. The van der Waals surface area contributed by atoms with Gasteiger partial charge in [0.15, 0.2) is 5.78 Å². The van der Waals surface area contributed by atoms with Gasteiger partial charge in [-0.3, -0.25) is 4.79 Å². The van der Waals surface area contributed by atoms with Gasteiger partial charge in [0.2, 0.25) is 0 Å². The number of aliphatic hydroxyl groups excluding tert-OH is 1. The number of rotatable bonds is 1. The molecule has 3 heteroatoms. The van der Waals surface area contributed by atoms with Crippen LogP contribution < -0.4 is 4.74 Å². The van der Waals surface area contributed by atoms with Gasteiger partial charge in [-0.15, -0.1) is 0 Å². The van der Waals surface area contributed by atoms with E-state index in [0.717, 1.165) is 31.4 Å². The number of hydrogen-bond donors (Lipinski definition) is 1. The van der Waals surface area contributed by atoms with Crippen LogP contribution in [0.15, 0.2) is 18.2 Å². The van der Waals surface area contributed by atoms with Crippen LogP contribution in [0.1, 0.15) is 49.7 Å². The number of aryl methyl sites for hydroxylation is 1. The minimum Gasteiger partial charge on any atom is -0.497 e. The van der Waals surface area contributed by atoms with Crippen molar-refractivity contribution in [3.8, 4) is 5.75 Å². The first-order valence-electron chi connectivity index (χ1n) is 8.42. The molecule has 1 unspecified atom stereocenters. The predicted molar refractivity (Wildman–Crippen MR) is 84.0 cm³/mol. The van der Waals surface area contributed by atoms with E-state index in [4.69, 9.17) is 4.74 Å². The second-order valence-corrected chi connectivity index (χ2v) is 7.60. The molecule has 0 heterocycles. The minimum absolute atomic E-state index is 0.0636. The minimum atomic E-state index is -0.740. The van der Waals surface area contributed by atoms with Gasteiger partial charge in [-0.1, -0.05) is 13.0 Å². The normalized spacial score (nSPS) is 39.9. The van der Waals surface area contributed by atoms with Crippen molar-refractivity contribution >= 4 is 5.78 Å². The number of benzene rings is 1. The van der Waals surface area contributed by atoms with Gasteiger partial charge in [0.1, 0.15) is 11.9 Å². The lowest BCUT2D eigenvalue weighted by Gasteiger charge is -2.49. The summed E-state index contributed by atoms with van der Waals surface area (Å²) in [6.45, 7) is 2.13. The number of ether oxygens (including phenoxy) is 1. The SMILES string of the molecule is COc1ccc2c(c1)CC[C@@H]1[C@@H]2CC[C@]2(C)C(O)C(=O)C[C@@H]12. The lowest BCUT2D eigenvalue weighted by atomic mass is 9.55. The van der Waals surface area contributed by atoms with Crippen LogP contribution in [0, 0.1) is 17.3 Å². The number of carbonyl (C=O) groups is 1. The van der Waals surface area contributed by atoms with E-state index >= 15 is 0 Å². The molecule has 5 atom stereocenters. The number of hydrogen-bond acceptors (Lipinski definition) is 3. The Morgan fingerprint density at radius 1 is 1.32 bits per heavy atom. The van der Waals surface area contributed by atoms with E-state index in [9.17, 15) is 9.90 Å². The molecular weight excluding hydrogens is 276 g/mol. The topological polar surface area (TPSA) is 46.5 Å². The second-order valence-electron chi connectivity index (χ2n) is 7.60. The zero-order valence-electron chi connectivity index (χ0n) is 13.3. The summed E-state index contributed by atoms with van der Waals surface area (Å²) in [5.41, 5.74) is 2.67. The number of ketones is 1. The van der Waals surface area contributed by atoms with Crippen molar-refractivity contribution in [3.05, 3.63) is 29.3 Å². The average Bonchev–Trinajstić information content (AvgIpc) is 2.77. The molecule has 1 N–H and O–H groups in total. The monoisotopic (exact) mass is 300 g/mol. The third kappa shape index (κ3) is 1.81. The van der Waals surface area contributed by atoms with E-state index in [1.807, 2.05) is 0 Å². The molecule has 0 bridgehead atoms. The van der Waals surface area contributed by atoms with E-state index in [1.165, 1.54) is 11.1 Å². The van der Waals surface area contributed by atoms with E-state index in [2.05, 4.69) is 25.1 Å². The van der Waals surface area contributed by atoms with Crippen molar-refractivity contribution in [3.63, 3.8) is 0 Å². The van der Waals surface area contributed by atoms with Crippen LogP contribution in [-0.2, 0) is 11.2 Å². The molecule has 0 saturated heterocycles. The second kappa shape index (κ2) is 4.82. The van der Waals surface area contributed by atoms with Crippen molar-refractivity contribution in [2.75, 3.05) is 7.11 Å². The molecule has 118 valence electrons. The number of aliphatic hydroxyl groups is 1. The third-order valence-corrected chi connectivity index (χ3v) is 6.72. The van der Waals surface area contributed by atoms with Gasteiger partial charge in [0.25, 0.3) is 0 Å². The molecule has 0 aliphatic heterocycles. The highest BCUT2D eigenvalue weighted by atomic mass is 16.5. The molecule has 3 aliphatic carbocycles. The molecule has 22 heavy (non-hydrogen) atoms. The Kier molecular flexibility index (Phi) is 3.12. The fourth-order valence-corrected chi connectivity index (χ4v) is 5.45. The Morgan fingerprint density at radius 3 is 2.91 bits per heavy atom. The molecule has 0 amide bonds. The fraction of sp³-hybridized carbons (Fsp3) is 0.632. The molecule has 3 nitrogen and oxygen atoms in total. The predicted octanol–water partition coefficient (Wildman–Crippen LogP) is 3.09. The van der Waals surface area contributed by atoms with Crippen molar-refractivity contribution in [1.82, 2.24) is 0 Å². The van der Waals surface area contributed by atoms with Crippen molar-refractivity contribution < 1.29 is 14.6 Å². The molecule has 4 rings (SSSR count). The Morgan fingerprint density at radius 2 is 2.14 bits per heavy atom. The summed E-state index contributed by atoms with van der Waals surface area (Å²) in [6, 6.07) is 6.46. The first-order chi connectivity index (χ1) is 10.5. The molecule has 2 saturated carbocycles.